The Balaban J connectivity index is 2.21. The Bertz CT molecular complexity index is 614. The third-order valence-electron chi connectivity index (χ3n) is 3.00. The van der Waals surface area contributed by atoms with E-state index >= 15 is 0 Å². The molecule has 9 heteroatoms. The monoisotopic (exact) mass is 382 g/mol. The van der Waals surface area contributed by atoms with Gasteiger partial charge in [0.1, 0.15) is 12.2 Å². The number of carboxylic acids is 1. The fourth-order valence-electron chi connectivity index (χ4n) is 1.83. The first kappa shape index (κ1) is 22.2. The molecule has 0 heterocycles. The SMILES string of the molecule is CC(C)(C)OC(=O)N[C@@H](COCCNC(=O)OCc1ccccc1)C(=O)O. The van der Waals surface area contributed by atoms with Crippen molar-refractivity contribution in [2.45, 2.75) is 39.0 Å². The molecule has 150 valence electrons. The van der Waals surface area contributed by atoms with Crippen molar-refractivity contribution >= 4 is 18.2 Å². The first-order valence-electron chi connectivity index (χ1n) is 8.42. The standard InChI is InChI=1S/C18H26N2O7/c1-18(2,3)27-17(24)20-14(15(21)22)12-25-10-9-19-16(23)26-11-13-7-5-4-6-8-13/h4-8,14H,9-12H2,1-3H3,(H,19,23)(H,20,24)(H,21,22)/t14-/m0/s1. The van der Waals surface area contributed by atoms with Crippen LogP contribution in [0.5, 0.6) is 0 Å². The van der Waals surface area contributed by atoms with Crippen molar-refractivity contribution in [1.29, 1.82) is 0 Å². The Morgan fingerprint density at radius 3 is 2.37 bits per heavy atom. The minimum Gasteiger partial charge on any atom is -0.480 e. The molecule has 0 bridgehead atoms. The molecular weight excluding hydrogens is 356 g/mol. The van der Waals surface area contributed by atoms with E-state index in [1.54, 1.807) is 20.8 Å². The number of carboxylic acid groups (broad SMARTS) is 1. The molecule has 2 amide bonds. The zero-order valence-corrected chi connectivity index (χ0v) is 15.7. The van der Waals surface area contributed by atoms with Gasteiger partial charge in [-0.15, -0.1) is 0 Å². The molecular formula is C18H26N2O7. The van der Waals surface area contributed by atoms with Crippen LogP contribution in [0.25, 0.3) is 0 Å². The van der Waals surface area contributed by atoms with Crippen molar-refractivity contribution < 1.29 is 33.7 Å². The van der Waals surface area contributed by atoms with Crippen LogP contribution in [0.4, 0.5) is 9.59 Å². The largest absolute Gasteiger partial charge is 0.480 e. The molecule has 27 heavy (non-hydrogen) atoms. The number of benzene rings is 1. The highest BCUT2D eigenvalue weighted by molar-refractivity contribution is 5.80. The number of ether oxygens (including phenoxy) is 3. The summed E-state index contributed by atoms with van der Waals surface area (Å²) in [5, 5.41) is 13.8. The van der Waals surface area contributed by atoms with Crippen LogP contribution in [0.2, 0.25) is 0 Å². The van der Waals surface area contributed by atoms with Gasteiger partial charge in [0.15, 0.2) is 6.04 Å². The minimum atomic E-state index is -1.26. The van der Waals surface area contributed by atoms with Gasteiger partial charge in [0, 0.05) is 6.54 Å². The summed E-state index contributed by atoms with van der Waals surface area (Å²) in [4.78, 5) is 34.3. The van der Waals surface area contributed by atoms with Gasteiger partial charge in [0.05, 0.1) is 13.2 Å². The fraction of sp³-hybridized carbons (Fsp3) is 0.500. The van der Waals surface area contributed by atoms with E-state index in [2.05, 4.69) is 10.6 Å². The van der Waals surface area contributed by atoms with Crippen molar-refractivity contribution in [1.82, 2.24) is 10.6 Å². The minimum absolute atomic E-state index is 0.0558. The Morgan fingerprint density at radius 1 is 1.11 bits per heavy atom. The molecule has 9 nitrogen and oxygen atoms in total. The zero-order chi connectivity index (χ0) is 20.3. The molecule has 1 atom stereocenters. The van der Waals surface area contributed by atoms with E-state index in [0.29, 0.717) is 0 Å². The van der Waals surface area contributed by atoms with Gasteiger partial charge in [-0.2, -0.15) is 0 Å². The van der Waals surface area contributed by atoms with Gasteiger partial charge in [-0.1, -0.05) is 30.3 Å². The van der Waals surface area contributed by atoms with E-state index in [0.717, 1.165) is 5.56 Å². The molecule has 0 aliphatic carbocycles. The molecule has 0 aliphatic heterocycles. The Labute approximate surface area is 158 Å². The Kier molecular flexibility index (Phi) is 9.07. The maximum Gasteiger partial charge on any atom is 0.408 e. The molecule has 0 saturated carbocycles. The number of carbonyl (C=O) groups is 3. The summed E-state index contributed by atoms with van der Waals surface area (Å²) in [6.45, 7) is 5.07. The number of amides is 2. The lowest BCUT2D eigenvalue weighted by Crippen LogP contribution is -2.46. The second-order valence-electron chi connectivity index (χ2n) is 6.60. The number of carbonyl (C=O) groups excluding carboxylic acids is 2. The first-order valence-corrected chi connectivity index (χ1v) is 8.42. The Morgan fingerprint density at radius 2 is 1.78 bits per heavy atom. The molecule has 1 aromatic carbocycles. The van der Waals surface area contributed by atoms with Gasteiger partial charge in [-0.05, 0) is 26.3 Å². The van der Waals surface area contributed by atoms with Gasteiger partial charge in [-0.3, -0.25) is 0 Å². The average molecular weight is 382 g/mol. The molecule has 1 aromatic rings. The van der Waals surface area contributed by atoms with E-state index in [9.17, 15) is 14.4 Å². The van der Waals surface area contributed by atoms with Crippen molar-refractivity contribution in [2.75, 3.05) is 19.8 Å². The molecule has 0 fully saturated rings. The molecule has 3 N–H and O–H groups in total. The number of aliphatic carboxylic acids is 1. The number of rotatable bonds is 9. The van der Waals surface area contributed by atoms with Crippen LogP contribution in [0.15, 0.2) is 30.3 Å². The van der Waals surface area contributed by atoms with Crippen molar-refractivity contribution in [3.05, 3.63) is 35.9 Å². The number of nitrogens with one attached hydrogen (secondary N) is 2. The highest BCUT2D eigenvalue weighted by atomic mass is 16.6. The zero-order valence-electron chi connectivity index (χ0n) is 15.7. The van der Waals surface area contributed by atoms with Gasteiger partial charge in [0.2, 0.25) is 0 Å². The van der Waals surface area contributed by atoms with Crippen LogP contribution < -0.4 is 10.6 Å². The van der Waals surface area contributed by atoms with Crippen LogP contribution >= 0.6 is 0 Å². The summed E-state index contributed by atoms with van der Waals surface area (Å²) in [7, 11) is 0. The van der Waals surface area contributed by atoms with Gasteiger partial charge in [0.25, 0.3) is 0 Å². The van der Waals surface area contributed by atoms with Crippen LogP contribution in [0.1, 0.15) is 26.3 Å². The topological polar surface area (TPSA) is 123 Å². The maximum atomic E-state index is 11.6. The lowest BCUT2D eigenvalue weighted by Gasteiger charge is -2.22. The van der Waals surface area contributed by atoms with Crippen LogP contribution in [-0.4, -0.2) is 54.7 Å². The number of hydrogen-bond donors (Lipinski definition) is 3. The van der Waals surface area contributed by atoms with Crippen LogP contribution in [0.3, 0.4) is 0 Å². The average Bonchev–Trinajstić information content (AvgIpc) is 2.57. The van der Waals surface area contributed by atoms with E-state index in [4.69, 9.17) is 19.3 Å². The first-order chi connectivity index (χ1) is 12.7. The van der Waals surface area contributed by atoms with E-state index < -0.39 is 29.8 Å². The molecule has 0 spiro atoms. The molecule has 0 unspecified atom stereocenters. The van der Waals surface area contributed by atoms with Gasteiger partial charge < -0.3 is 30.0 Å². The lowest BCUT2D eigenvalue weighted by atomic mass is 10.2. The second kappa shape index (κ2) is 11.0. The predicted molar refractivity (Wildman–Crippen MR) is 96.2 cm³/mol. The van der Waals surface area contributed by atoms with Gasteiger partial charge in [-0.25, -0.2) is 14.4 Å². The number of alkyl carbamates (subject to hydrolysis) is 2. The van der Waals surface area contributed by atoms with E-state index in [1.807, 2.05) is 30.3 Å². The maximum absolute atomic E-state index is 11.6. The molecule has 0 aromatic heterocycles. The Hall–Kier alpha value is -2.81. The second-order valence-corrected chi connectivity index (χ2v) is 6.60. The van der Waals surface area contributed by atoms with E-state index in [1.165, 1.54) is 0 Å². The third-order valence-corrected chi connectivity index (χ3v) is 3.00. The van der Waals surface area contributed by atoms with Crippen LogP contribution in [0, 0.1) is 0 Å². The quantitative estimate of drug-likeness (QED) is 0.557. The van der Waals surface area contributed by atoms with Gasteiger partial charge >= 0.3 is 18.2 Å². The normalized spacial score (nSPS) is 12.0. The van der Waals surface area contributed by atoms with Crippen LogP contribution in [-0.2, 0) is 25.6 Å². The summed E-state index contributed by atoms with van der Waals surface area (Å²) < 4.78 is 15.2. The summed E-state index contributed by atoms with van der Waals surface area (Å²) in [6, 6.07) is 7.96. The summed E-state index contributed by atoms with van der Waals surface area (Å²) in [5.74, 6) is -1.25. The number of hydrogen-bond acceptors (Lipinski definition) is 6. The molecule has 0 saturated heterocycles. The van der Waals surface area contributed by atoms with E-state index in [-0.39, 0.29) is 26.4 Å². The van der Waals surface area contributed by atoms with Crippen molar-refractivity contribution in [3.8, 4) is 0 Å². The molecule has 0 radical (unpaired) electrons. The predicted octanol–water partition coefficient (Wildman–Crippen LogP) is 1.91. The summed E-state index contributed by atoms with van der Waals surface area (Å²) >= 11 is 0. The lowest BCUT2D eigenvalue weighted by molar-refractivity contribution is -0.141. The van der Waals surface area contributed by atoms with Crippen molar-refractivity contribution in [2.24, 2.45) is 0 Å². The molecule has 1 rings (SSSR count). The fourth-order valence-corrected chi connectivity index (χ4v) is 1.83. The summed E-state index contributed by atoms with van der Waals surface area (Å²) in [5.41, 5.74) is 0.124. The third kappa shape index (κ3) is 10.7. The smallest absolute Gasteiger partial charge is 0.408 e. The molecule has 0 aliphatic rings. The highest BCUT2D eigenvalue weighted by Gasteiger charge is 2.24. The van der Waals surface area contributed by atoms with Crippen molar-refractivity contribution in [3.63, 3.8) is 0 Å². The highest BCUT2D eigenvalue weighted by Crippen LogP contribution is 2.06. The summed E-state index contributed by atoms with van der Waals surface area (Å²) in [6.07, 6.45) is -1.45.